The molecular formula is C52H33NS2. The van der Waals surface area contributed by atoms with Crippen molar-refractivity contribution in [1.82, 2.24) is 0 Å². The van der Waals surface area contributed by atoms with Gasteiger partial charge in [-0.15, -0.1) is 22.7 Å². The van der Waals surface area contributed by atoms with Crippen LogP contribution < -0.4 is 4.90 Å². The van der Waals surface area contributed by atoms with Crippen LogP contribution in [0.25, 0.3) is 84.5 Å². The molecule has 2 heterocycles. The van der Waals surface area contributed by atoms with E-state index in [-0.39, 0.29) is 0 Å². The monoisotopic (exact) mass is 735 g/mol. The predicted molar refractivity (Wildman–Crippen MR) is 241 cm³/mol. The van der Waals surface area contributed by atoms with Crippen molar-refractivity contribution in [3.05, 3.63) is 200 Å². The summed E-state index contributed by atoms with van der Waals surface area (Å²) >= 11 is 3.76. The third-order valence-electron chi connectivity index (χ3n) is 10.9. The van der Waals surface area contributed by atoms with Crippen LogP contribution in [0.3, 0.4) is 0 Å². The van der Waals surface area contributed by atoms with E-state index in [1.165, 1.54) is 90.2 Å². The summed E-state index contributed by atoms with van der Waals surface area (Å²) in [5, 5.41) is 7.76. The Balaban J connectivity index is 1.10. The summed E-state index contributed by atoms with van der Waals surface area (Å²) in [5.41, 5.74) is 10.9. The summed E-state index contributed by atoms with van der Waals surface area (Å²) in [4.78, 5) is 2.45. The highest BCUT2D eigenvalue weighted by atomic mass is 32.1. The SMILES string of the molecule is c1ccc(-c2ccc(N(c3ccc(-c4cccc5ccccc45)cc3)c3ccc(-c4cccc5c4sc4ccccc45)cc3)c3sc4ccccc4c23)cc1. The molecule has 11 rings (SSSR count). The molecule has 0 N–H and O–H groups in total. The summed E-state index contributed by atoms with van der Waals surface area (Å²) < 4.78 is 5.23. The molecule has 9 aromatic carbocycles. The highest BCUT2D eigenvalue weighted by Gasteiger charge is 2.21. The Hall–Kier alpha value is -6.52. The quantitative estimate of drug-likeness (QED) is 0.164. The van der Waals surface area contributed by atoms with Crippen molar-refractivity contribution >= 4 is 90.9 Å². The lowest BCUT2D eigenvalue weighted by Gasteiger charge is -2.27. The van der Waals surface area contributed by atoms with Gasteiger partial charge < -0.3 is 4.90 Å². The van der Waals surface area contributed by atoms with Crippen molar-refractivity contribution in [3.8, 4) is 33.4 Å². The lowest BCUT2D eigenvalue weighted by molar-refractivity contribution is 1.30. The van der Waals surface area contributed by atoms with Crippen molar-refractivity contribution in [2.24, 2.45) is 0 Å². The third-order valence-corrected chi connectivity index (χ3v) is 13.3. The van der Waals surface area contributed by atoms with Crippen LogP contribution in [0, 0.1) is 0 Å². The maximum absolute atomic E-state index is 2.45. The lowest BCUT2D eigenvalue weighted by Crippen LogP contribution is -2.10. The highest BCUT2D eigenvalue weighted by Crippen LogP contribution is 2.49. The van der Waals surface area contributed by atoms with E-state index in [2.05, 4.69) is 205 Å². The fraction of sp³-hybridized carbons (Fsp3) is 0. The molecule has 0 atom stereocenters. The molecule has 11 aromatic rings. The minimum Gasteiger partial charge on any atom is -0.309 e. The first kappa shape index (κ1) is 32.0. The Morgan fingerprint density at radius 1 is 0.309 bits per heavy atom. The summed E-state index contributed by atoms with van der Waals surface area (Å²) in [7, 11) is 0. The zero-order valence-corrected chi connectivity index (χ0v) is 31.4. The largest absolute Gasteiger partial charge is 0.309 e. The molecule has 0 fully saturated rings. The smallest absolute Gasteiger partial charge is 0.0640 e. The summed E-state index contributed by atoms with van der Waals surface area (Å²) in [6.45, 7) is 0. The summed E-state index contributed by atoms with van der Waals surface area (Å²) in [6.07, 6.45) is 0. The molecule has 3 heteroatoms. The number of benzene rings is 9. The molecule has 1 nitrogen and oxygen atoms in total. The Labute approximate surface area is 327 Å². The predicted octanol–water partition coefficient (Wildman–Crippen LogP) is 16.0. The van der Waals surface area contributed by atoms with Gasteiger partial charge in [-0.1, -0.05) is 158 Å². The van der Waals surface area contributed by atoms with E-state index in [4.69, 9.17) is 0 Å². The fourth-order valence-corrected chi connectivity index (χ4v) is 10.8. The molecule has 2 aromatic heterocycles. The van der Waals surface area contributed by atoms with E-state index in [9.17, 15) is 0 Å². The van der Waals surface area contributed by atoms with Crippen LogP contribution in [0.5, 0.6) is 0 Å². The molecule has 0 unspecified atom stereocenters. The third kappa shape index (κ3) is 5.35. The highest BCUT2D eigenvalue weighted by molar-refractivity contribution is 7.26. The van der Waals surface area contributed by atoms with Gasteiger partial charge in [0.05, 0.1) is 10.4 Å². The first-order chi connectivity index (χ1) is 27.3. The van der Waals surface area contributed by atoms with Crippen LogP contribution in [0.1, 0.15) is 0 Å². The zero-order valence-electron chi connectivity index (χ0n) is 29.8. The minimum absolute atomic E-state index is 1.12. The van der Waals surface area contributed by atoms with Gasteiger partial charge in [-0.25, -0.2) is 0 Å². The lowest BCUT2D eigenvalue weighted by atomic mass is 9.97. The van der Waals surface area contributed by atoms with Gasteiger partial charge in [0.25, 0.3) is 0 Å². The van der Waals surface area contributed by atoms with Gasteiger partial charge in [-0.2, -0.15) is 0 Å². The topological polar surface area (TPSA) is 3.24 Å². The second kappa shape index (κ2) is 13.1. The number of hydrogen-bond donors (Lipinski definition) is 0. The summed E-state index contributed by atoms with van der Waals surface area (Å²) in [5.74, 6) is 0. The number of rotatable bonds is 6. The Kier molecular flexibility index (Phi) is 7.61. The molecule has 0 spiro atoms. The molecular weight excluding hydrogens is 703 g/mol. The number of hydrogen-bond acceptors (Lipinski definition) is 3. The van der Waals surface area contributed by atoms with Crippen molar-refractivity contribution < 1.29 is 0 Å². The second-order valence-corrected chi connectivity index (χ2v) is 16.1. The fourth-order valence-electron chi connectivity index (χ4n) is 8.31. The number of fused-ring (bicyclic) bond motifs is 7. The van der Waals surface area contributed by atoms with Crippen LogP contribution >= 0.6 is 22.7 Å². The van der Waals surface area contributed by atoms with Crippen LogP contribution in [-0.4, -0.2) is 0 Å². The van der Waals surface area contributed by atoms with Crippen LogP contribution in [0.15, 0.2) is 200 Å². The molecule has 0 aliphatic rings. The molecule has 0 aliphatic carbocycles. The minimum atomic E-state index is 1.12. The van der Waals surface area contributed by atoms with Crippen LogP contribution in [0.4, 0.5) is 17.1 Å². The van der Waals surface area contributed by atoms with Gasteiger partial charge >= 0.3 is 0 Å². The van der Waals surface area contributed by atoms with E-state index < -0.39 is 0 Å². The van der Waals surface area contributed by atoms with Crippen molar-refractivity contribution in [3.63, 3.8) is 0 Å². The maximum atomic E-state index is 2.45. The molecule has 0 amide bonds. The number of anilines is 3. The van der Waals surface area contributed by atoms with Gasteiger partial charge in [0.1, 0.15) is 0 Å². The average Bonchev–Trinajstić information content (AvgIpc) is 3.84. The van der Waals surface area contributed by atoms with Gasteiger partial charge in [0, 0.05) is 47.0 Å². The Morgan fingerprint density at radius 2 is 0.836 bits per heavy atom. The van der Waals surface area contributed by atoms with Gasteiger partial charge in [-0.05, 0) is 86.6 Å². The van der Waals surface area contributed by atoms with Crippen molar-refractivity contribution in [2.45, 2.75) is 0 Å². The van der Waals surface area contributed by atoms with Crippen LogP contribution in [0.2, 0.25) is 0 Å². The maximum Gasteiger partial charge on any atom is 0.0640 e. The van der Waals surface area contributed by atoms with Gasteiger partial charge in [0.2, 0.25) is 0 Å². The van der Waals surface area contributed by atoms with E-state index in [0.29, 0.717) is 0 Å². The zero-order chi connectivity index (χ0) is 36.3. The van der Waals surface area contributed by atoms with E-state index in [1.54, 1.807) is 0 Å². The number of thiophene rings is 2. The van der Waals surface area contributed by atoms with Gasteiger partial charge in [-0.3, -0.25) is 0 Å². The molecule has 0 radical (unpaired) electrons. The number of nitrogens with zero attached hydrogens (tertiary/aromatic N) is 1. The Morgan fingerprint density at radius 3 is 1.60 bits per heavy atom. The molecule has 0 bridgehead atoms. The Bertz CT molecular complexity index is 3180. The first-order valence-corrected chi connectivity index (χ1v) is 20.3. The van der Waals surface area contributed by atoms with E-state index in [0.717, 1.165) is 11.4 Å². The normalized spacial score (nSPS) is 11.6. The standard InChI is InChI=1S/C52H33NS2/c1-2-12-35(13-3-1)42-32-33-47(52-50(42)46-18-7-9-23-49(46)55-52)53(38-28-24-36(25-29-38)41-19-10-15-34-14-4-5-16-40(34)41)39-30-26-37(27-31-39)43-20-11-21-45-44-17-6-8-22-48(44)54-51(43)45/h1-33H. The van der Waals surface area contributed by atoms with Crippen molar-refractivity contribution in [1.29, 1.82) is 0 Å². The van der Waals surface area contributed by atoms with Gasteiger partial charge in [0.15, 0.2) is 0 Å². The van der Waals surface area contributed by atoms with Crippen LogP contribution in [-0.2, 0) is 0 Å². The molecule has 0 saturated carbocycles. The summed E-state index contributed by atoms with van der Waals surface area (Å²) in [6, 6.07) is 73.3. The van der Waals surface area contributed by atoms with Crippen molar-refractivity contribution in [2.75, 3.05) is 4.90 Å². The first-order valence-electron chi connectivity index (χ1n) is 18.7. The molecule has 0 saturated heterocycles. The van der Waals surface area contributed by atoms with E-state index >= 15 is 0 Å². The molecule has 0 aliphatic heterocycles. The molecule has 55 heavy (non-hydrogen) atoms. The van der Waals surface area contributed by atoms with E-state index in [1.807, 2.05) is 22.7 Å². The average molecular weight is 736 g/mol. The second-order valence-electron chi connectivity index (χ2n) is 14.0. The molecule has 258 valence electrons.